The third-order valence-corrected chi connectivity index (χ3v) is 11.3. The standard InChI is InChI=1S/C20H23N7O7.C8H9FN2O3.C6H14N2.C5H4ClNO2.C4H3N3O4.C2H2O4.K.Pt/c21-20-25-16-15(18(32)26-20)27(9-28)12(8-23-16)7-22-11-3-1-10(2-4-11)17(31)24-13(19(33)34)5-6-14(29)30;9-5-4-11(6-2-1-3-14-6)8(13)10-7(5)12;7-5-3-1-2-4-6(5)8;6-3-2-7-5(9)1-4(3)8;8-2(9)1-5-3(10)7-4(11)6-1;3-1(4)2(5)6;;/h1-4,9,12-13,22H,5-8H2,(H,24,31)(H,29,30)(H,33,34)(H4,21,23,25,26,32);4,6H,1-3H2,(H,10,12,13);5-6H,1-4,7-8H2;1-2H,(H2,7,8,9);(H,8,9)(H2,5,6,7,10,11);(H,3,4)(H,5,6);;/q;;;;;;+1;+2/p-3/t12-,13-;;5-,6-;;;;;/m0.1...../s1. The number of nitrogens with one attached hydrogen (secondary N) is 8. The predicted octanol–water partition coefficient (Wildman–Crippen LogP) is -9.49. The second-order valence-corrected chi connectivity index (χ2v) is 17.3. The molecular weight excluding hydrogens is 1360 g/mol. The minimum atomic E-state index is -2.19. The molecular formula is C45H52ClFKN15O20Pt. The van der Waals surface area contributed by atoms with Crippen molar-refractivity contribution in [1.82, 2.24) is 44.8 Å². The summed E-state index contributed by atoms with van der Waals surface area (Å²) >= 11 is 5.36. The third-order valence-electron chi connectivity index (χ3n) is 11.0. The summed E-state index contributed by atoms with van der Waals surface area (Å²) in [5.41, 5.74) is 13.2. The minimum Gasteiger partial charge on any atom is -0.543 e. The van der Waals surface area contributed by atoms with E-state index in [9.17, 15) is 67.3 Å². The summed E-state index contributed by atoms with van der Waals surface area (Å²) < 4.78 is 19.1. The first-order valence-electron chi connectivity index (χ1n) is 23.6. The number of carboxylic acids is 5. The first-order chi connectivity index (χ1) is 38.6. The molecule has 35 nitrogen and oxygen atoms in total. The second kappa shape index (κ2) is 36.8. The molecule has 17 N–H and O–H groups in total. The third kappa shape index (κ3) is 25.0. The summed E-state index contributed by atoms with van der Waals surface area (Å²) in [6.07, 6.45) is 7.86. The van der Waals surface area contributed by atoms with Crippen molar-refractivity contribution >= 4 is 76.9 Å². The number of H-pyrrole nitrogens is 5. The molecule has 1 saturated heterocycles. The number of halogens is 2. The van der Waals surface area contributed by atoms with Gasteiger partial charge in [0.15, 0.2) is 17.3 Å². The summed E-state index contributed by atoms with van der Waals surface area (Å²) in [7, 11) is 0. The van der Waals surface area contributed by atoms with Crippen molar-refractivity contribution in [2.45, 2.75) is 81.8 Å². The molecule has 6 heterocycles. The van der Waals surface area contributed by atoms with Gasteiger partial charge in [-0.15, -0.1) is 0 Å². The van der Waals surface area contributed by atoms with Gasteiger partial charge < -0.3 is 92.8 Å². The summed E-state index contributed by atoms with van der Waals surface area (Å²) in [4.78, 5) is 157. The van der Waals surface area contributed by atoms with E-state index in [1.165, 1.54) is 36.1 Å². The first kappa shape index (κ1) is 74.3. The number of benzene rings is 1. The fourth-order valence-corrected chi connectivity index (χ4v) is 7.08. The van der Waals surface area contributed by atoms with E-state index in [1.807, 2.05) is 4.98 Å². The smallest absolute Gasteiger partial charge is 0.543 e. The number of ether oxygens (including phenoxy) is 1. The Hall–Kier alpha value is -7.75. The van der Waals surface area contributed by atoms with Crippen molar-refractivity contribution in [2.24, 2.45) is 11.5 Å². The van der Waals surface area contributed by atoms with E-state index in [0.29, 0.717) is 31.7 Å². The van der Waals surface area contributed by atoms with Crippen molar-refractivity contribution in [2.75, 3.05) is 41.0 Å². The molecule has 452 valence electrons. The van der Waals surface area contributed by atoms with Gasteiger partial charge in [-0.25, -0.2) is 19.2 Å². The van der Waals surface area contributed by atoms with Gasteiger partial charge >= 0.3 is 101 Å². The number of nitrogen functional groups attached to an aromatic ring is 1. The number of aromatic carboxylic acids is 1. The van der Waals surface area contributed by atoms with E-state index in [0.717, 1.165) is 36.1 Å². The molecule has 0 bridgehead atoms. The Kier molecular flexibility index (Phi) is 32.5. The van der Waals surface area contributed by atoms with E-state index >= 15 is 0 Å². The fourth-order valence-electron chi connectivity index (χ4n) is 6.97. The van der Waals surface area contributed by atoms with Crippen molar-refractivity contribution in [3.63, 3.8) is 0 Å². The molecule has 1 unspecified atom stereocenters. The number of aliphatic carboxylic acids is 4. The molecule has 1 saturated carbocycles. The van der Waals surface area contributed by atoms with Gasteiger partial charge in [-0.05, 0) is 56.4 Å². The number of fused-ring (bicyclic) bond motifs is 1. The molecule has 0 radical (unpaired) electrons. The molecule has 5 aromatic rings. The quantitative estimate of drug-likeness (QED) is 0.0313. The maximum absolute atomic E-state index is 12.9. The SMILES string of the molecule is N[C@@H]1CCCC[C@H]1N.Nc1nc2c(c(=O)[nH]1)N(C=O)[C@@H](CNc1ccc(C(=O)N[C@@H](CCC(=O)O)C(=O)O)cc1)CN2.O=C([O-])C(=O)[O-].O=C([O-])c1nc(=O)[nH]c(=O)[nH]1.O=c1[nH]c(=O)n(C2CCCO2)cc1F.O=c1cc(O)c(Cl)c[nH]1.[K+].[Pt+2]. The van der Waals surface area contributed by atoms with Gasteiger partial charge in [0.05, 0.1) is 29.2 Å². The van der Waals surface area contributed by atoms with Crippen LogP contribution in [0.15, 0.2) is 71.5 Å². The predicted molar refractivity (Wildman–Crippen MR) is 274 cm³/mol. The summed E-state index contributed by atoms with van der Waals surface area (Å²) in [6.45, 7) is 1.12. The molecule has 0 spiro atoms. The maximum Gasteiger partial charge on any atom is 2.00 e. The number of nitrogens with two attached hydrogens (primary N) is 3. The average molecular weight is 1410 g/mol. The number of anilines is 4. The van der Waals surface area contributed by atoms with E-state index < -0.39 is 100 Å². The van der Waals surface area contributed by atoms with Crippen molar-refractivity contribution in [1.29, 1.82) is 0 Å². The molecule has 1 aromatic carbocycles. The van der Waals surface area contributed by atoms with Gasteiger partial charge in [0.2, 0.25) is 18.2 Å². The Morgan fingerprint density at radius 2 is 1.51 bits per heavy atom. The van der Waals surface area contributed by atoms with Crippen LogP contribution in [-0.4, -0.2) is 141 Å². The van der Waals surface area contributed by atoms with Gasteiger partial charge in [-0.1, -0.05) is 24.4 Å². The number of nitrogens with zero attached hydrogens (tertiary/aromatic N) is 4. The van der Waals surface area contributed by atoms with E-state index in [2.05, 4.69) is 35.9 Å². The minimum absolute atomic E-state index is 0. The number of aromatic amines is 5. The molecule has 4 aromatic heterocycles. The fraction of sp³-hybridized carbons (Fsp3) is 0.356. The van der Waals surface area contributed by atoms with Crippen LogP contribution in [0.25, 0.3) is 0 Å². The first-order valence-corrected chi connectivity index (χ1v) is 24.0. The Bertz CT molecular complexity index is 3380. The molecule has 8 rings (SSSR count). The Morgan fingerprint density at radius 3 is 2.00 bits per heavy atom. The summed E-state index contributed by atoms with van der Waals surface area (Å²) in [6, 6.07) is 5.94. The van der Waals surface area contributed by atoms with Gasteiger partial charge in [0.25, 0.3) is 22.6 Å². The number of hydrogen-bond acceptors (Lipinski definition) is 25. The van der Waals surface area contributed by atoms with Crippen LogP contribution >= 0.6 is 11.6 Å². The average Bonchev–Trinajstić information content (AvgIpc) is 2.89. The number of carbonyl (C=O) groups excluding carboxylic acids is 5. The van der Waals surface area contributed by atoms with Crippen LogP contribution in [0.1, 0.15) is 78.6 Å². The Labute approximate surface area is 530 Å². The zero-order valence-corrected chi connectivity index (χ0v) is 49.8. The number of carbonyl (C=O) groups is 7. The van der Waals surface area contributed by atoms with Gasteiger partial charge in [0.1, 0.15) is 24.0 Å². The number of pyridine rings is 1. The van der Waals surface area contributed by atoms with Crippen molar-refractivity contribution in [3.05, 3.63) is 127 Å². The molecule has 5 atom stereocenters. The number of rotatable bonds is 12. The molecule has 39 heteroatoms. The van der Waals surface area contributed by atoms with Crippen molar-refractivity contribution in [3.8, 4) is 5.75 Å². The zero-order valence-electron chi connectivity index (χ0n) is 43.7. The number of aromatic nitrogens is 8. The van der Waals surface area contributed by atoms with Crippen LogP contribution in [0.2, 0.25) is 5.02 Å². The van der Waals surface area contributed by atoms with Crippen LogP contribution in [0.4, 0.5) is 27.5 Å². The largest absolute Gasteiger partial charge is 2.00 e. The molecule has 1 aliphatic carbocycles. The number of carboxylic acid groups (broad SMARTS) is 5. The van der Waals surface area contributed by atoms with E-state index in [1.54, 1.807) is 22.1 Å². The van der Waals surface area contributed by atoms with Crippen molar-refractivity contribution < 1.29 is 146 Å². The second-order valence-electron chi connectivity index (χ2n) is 16.9. The normalized spacial score (nSPS) is 16.4. The summed E-state index contributed by atoms with van der Waals surface area (Å²) in [5.74, 6) is -11.0. The molecule has 2 aliphatic heterocycles. The monoisotopic (exact) mass is 1410 g/mol. The number of hydrogen-bond donors (Lipinski definition) is 14. The van der Waals surface area contributed by atoms with Crippen LogP contribution in [0.3, 0.4) is 0 Å². The molecule has 2 fully saturated rings. The number of amides is 2. The Morgan fingerprint density at radius 1 is 0.893 bits per heavy atom. The summed E-state index contributed by atoms with van der Waals surface area (Å²) in [5, 5.41) is 63.0. The van der Waals surface area contributed by atoms with E-state index in [4.69, 9.17) is 63.6 Å². The van der Waals surface area contributed by atoms with Crippen LogP contribution < -0.4 is 139 Å². The van der Waals surface area contributed by atoms with E-state index in [-0.39, 0.29) is 137 Å². The van der Waals surface area contributed by atoms with Gasteiger partial charge in [-0.2, -0.15) is 14.4 Å². The maximum atomic E-state index is 12.9. The van der Waals surface area contributed by atoms with Gasteiger partial charge in [-0.3, -0.25) is 53.3 Å². The Balaban J connectivity index is 0.000000577. The zero-order chi connectivity index (χ0) is 61.4. The van der Waals surface area contributed by atoms with Crippen LogP contribution in [-0.2, 0) is 49.8 Å². The van der Waals surface area contributed by atoms with Gasteiger partial charge in [0, 0.05) is 61.7 Å². The number of aromatic hydroxyl groups is 1. The van der Waals surface area contributed by atoms with Crippen LogP contribution in [0, 0.1) is 5.82 Å². The molecule has 3 aliphatic rings. The van der Waals surface area contributed by atoms with Crippen LogP contribution in [0.5, 0.6) is 5.75 Å². The topological polar surface area (TPSA) is 588 Å². The molecule has 84 heavy (non-hydrogen) atoms. The molecule has 2 amide bonds.